The lowest BCUT2D eigenvalue weighted by molar-refractivity contribution is 0.0962. The number of benzene rings is 1. The molecule has 2 rings (SSSR count). The van der Waals surface area contributed by atoms with E-state index in [9.17, 15) is 9.59 Å². The fourth-order valence-electron chi connectivity index (χ4n) is 1.71. The first-order chi connectivity index (χ1) is 9.13. The molecule has 1 aromatic heterocycles. The quantitative estimate of drug-likeness (QED) is 0.859. The first kappa shape index (κ1) is 12.8. The number of hydrogen-bond donors (Lipinski definition) is 2. The largest absolute Gasteiger partial charge is 0.355 e. The molecule has 0 aliphatic rings. The molecule has 2 amide bonds. The van der Waals surface area contributed by atoms with Crippen LogP contribution in [0.1, 0.15) is 15.9 Å². The lowest BCUT2D eigenvalue weighted by Gasteiger charge is -2.11. The summed E-state index contributed by atoms with van der Waals surface area (Å²) in [5.41, 5.74) is 1.85. The van der Waals surface area contributed by atoms with E-state index in [-0.39, 0.29) is 11.9 Å². The maximum Gasteiger partial charge on any atom is 0.331 e. The molecule has 0 bridgehead atoms. The number of hydrogen-bond acceptors (Lipinski definition) is 3. The highest BCUT2D eigenvalue weighted by atomic mass is 16.2. The van der Waals surface area contributed by atoms with Crippen LogP contribution >= 0.6 is 0 Å². The lowest BCUT2D eigenvalue weighted by Crippen LogP contribution is -2.21. The molecule has 0 radical (unpaired) electrons. The molecule has 0 aliphatic heterocycles. The third kappa shape index (κ3) is 2.62. The van der Waals surface area contributed by atoms with Gasteiger partial charge in [0.1, 0.15) is 6.33 Å². The third-order valence-electron chi connectivity index (χ3n) is 2.79. The molecule has 0 atom stereocenters. The second kappa shape index (κ2) is 5.34. The second-order valence-electron chi connectivity index (χ2n) is 3.96. The number of nitrogens with one attached hydrogen (secondary N) is 2. The molecule has 0 spiro atoms. The zero-order valence-electron chi connectivity index (χ0n) is 10.7. The Kier molecular flexibility index (Phi) is 3.61. The van der Waals surface area contributed by atoms with Crippen molar-refractivity contribution in [3.8, 4) is 0 Å². The van der Waals surface area contributed by atoms with Gasteiger partial charge in [-0.25, -0.2) is 9.78 Å². The Hall–Kier alpha value is -2.63. The zero-order chi connectivity index (χ0) is 13.8. The molecular weight excluding hydrogens is 244 g/mol. The molecule has 2 N–H and O–H groups in total. The average molecular weight is 258 g/mol. The molecule has 0 saturated heterocycles. The Labute approximate surface area is 110 Å². The fourth-order valence-corrected chi connectivity index (χ4v) is 1.71. The van der Waals surface area contributed by atoms with Crippen LogP contribution < -0.4 is 10.6 Å². The highest BCUT2D eigenvalue weighted by molar-refractivity contribution is 5.99. The molecule has 0 fully saturated rings. The van der Waals surface area contributed by atoms with Gasteiger partial charge in [0.2, 0.25) is 0 Å². The first-order valence-electron chi connectivity index (χ1n) is 5.74. The molecule has 2 aromatic rings. The molecule has 0 saturated carbocycles. The van der Waals surface area contributed by atoms with Crippen LogP contribution in [0.5, 0.6) is 0 Å². The summed E-state index contributed by atoms with van der Waals surface area (Å²) in [5, 5.41) is 5.30. The number of amides is 2. The number of anilines is 1. The summed E-state index contributed by atoms with van der Waals surface area (Å²) < 4.78 is 1.33. The molecule has 0 unspecified atom stereocenters. The molecule has 6 heteroatoms. The second-order valence-corrected chi connectivity index (χ2v) is 3.96. The molecule has 6 nitrogen and oxygen atoms in total. The Morgan fingerprint density at radius 2 is 2.11 bits per heavy atom. The van der Waals surface area contributed by atoms with Gasteiger partial charge in [-0.1, -0.05) is 6.07 Å². The molecule has 1 heterocycles. The predicted octanol–water partition coefficient (Wildman–Crippen LogP) is 1.63. The van der Waals surface area contributed by atoms with E-state index in [1.807, 2.05) is 0 Å². The van der Waals surface area contributed by atoms with E-state index in [4.69, 9.17) is 0 Å². The van der Waals surface area contributed by atoms with Crippen molar-refractivity contribution < 1.29 is 9.59 Å². The van der Waals surface area contributed by atoms with Gasteiger partial charge in [-0.05, 0) is 24.6 Å². The Morgan fingerprint density at radius 1 is 1.32 bits per heavy atom. The van der Waals surface area contributed by atoms with Crippen molar-refractivity contribution in [2.24, 2.45) is 0 Å². The minimum Gasteiger partial charge on any atom is -0.355 e. The van der Waals surface area contributed by atoms with Gasteiger partial charge < -0.3 is 10.6 Å². The van der Waals surface area contributed by atoms with Gasteiger partial charge in [0, 0.05) is 30.7 Å². The van der Waals surface area contributed by atoms with Crippen molar-refractivity contribution >= 4 is 17.6 Å². The van der Waals surface area contributed by atoms with Gasteiger partial charge >= 0.3 is 6.03 Å². The Bertz CT molecular complexity index is 605. The number of carbonyl (C=O) groups is 2. The summed E-state index contributed by atoms with van der Waals surface area (Å²) in [7, 11) is 1.57. The summed E-state index contributed by atoms with van der Waals surface area (Å²) >= 11 is 0. The molecule has 1 aromatic carbocycles. The van der Waals surface area contributed by atoms with Crippen LogP contribution in [-0.4, -0.2) is 28.5 Å². The Morgan fingerprint density at radius 3 is 2.74 bits per heavy atom. The van der Waals surface area contributed by atoms with Gasteiger partial charge in [0.05, 0.1) is 0 Å². The number of carbonyl (C=O) groups excluding carboxylic acids is 2. The van der Waals surface area contributed by atoms with Crippen molar-refractivity contribution in [1.82, 2.24) is 14.9 Å². The molecule has 19 heavy (non-hydrogen) atoms. The van der Waals surface area contributed by atoms with Gasteiger partial charge in [-0.2, -0.15) is 0 Å². The van der Waals surface area contributed by atoms with Gasteiger partial charge in [-0.15, -0.1) is 0 Å². The van der Waals surface area contributed by atoms with Crippen molar-refractivity contribution in [2.75, 3.05) is 12.4 Å². The van der Waals surface area contributed by atoms with Crippen LogP contribution in [0.15, 0.2) is 36.9 Å². The van der Waals surface area contributed by atoms with Gasteiger partial charge in [-0.3, -0.25) is 9.36 Å². The van der Waals surface area contributed by atoms with Crippen molar-refractivity contribution in [2.45, 2.75) is 6.92 Å². The van der Waals surface area contributed by atoms with Crippen LogP contribution in [0.2, 0.25) is 0 Å². The number of nitrogens with zero attached hydrogens (tertiary/aromatic N) is 2. The normalized spacial score (nSPS) is 10.0. The summed E-state index contributed by atoms with van der Waals surface area (Å²) in [5.74, 6) is -0.184. The van der Waals surface area contributed by atoms with Gasteiger partial charge in [0.25, 0.3) is 5.91 Å². The minimum absolute atomic E-state index is 0.184. The average Bonchev–Trinajstić information content (AvgIpc) is 2.94. The van der Waals surface area contributed by atoms with Crippen LogP contribution in [0.25, 0.3) is 0 Å². The maximum atomic E-state index is 11.9. The standard InChI is InChI=1S/C13H14N4O2/c1-9-10(12(18)14-2)4-3-5-11(9)16-13(19)17-7-6-15-8-17/h3-8H,1-2H3,(H,14,18)(H,16,19). The molecule has 98 valence electrons. The minimum atomic E-state index is -0.324. The molecule has 0 aliphatic carbocycles. The summed E-state index contributed by atoms with van der Waals surface area (Å²) in [4.78, 5) is 27.4. The van der Waals surface area contributed by atoms with E-state index in [1.165, 1.54) is 17.1 Å². The van der Waals surface area contributed by atoms with Crippen molar-refractivity contribution in [3.05, 3.63) is 48.0 Å². The topological polar surface area (TPSA) is 76.0 Å². The van der Waals surface area contributed by atoms with Crippen molar-refractivity contribution in [3.63, 3.8) is 0 Å². The summed E-state index contributed by atoms with van der Waals surface area (Å²) in [6.07, 6.45) is 4.48. The van der Waals surface area contributed by atoms with Crippen LogP contribution in [0, 0.1) is 6.92 Å². The number of rotatable bonds is 2. The predicted molar refractivity (Wildman–Crippen MR) is 71.2 cm³/mol. The highest BCUT2D eigenvalue weighted by Crippen LogP contribution is 2.19. The van der Waals surface area contributed by atoms with E-state index >= 15 is 0 Å². The van der Waals surface area contributed by atoms with E-state index in [2.05, 4.69) is 15.6 Å². The fraction of sp³-hybridized carbons (Fsp3) is 0.154. The SMILES string of the molecule is CNC(=O)c1cccc(NC(=O)n2ccnc2)c1C. The maximum absolute atomic E-state index is 11.9. The van der Waals surface area contributed by atoms with Crippen LogP contribution in [0.3, 0.4) is 0 Å². The van der Waals surface area contributed by atoms with E-state index in [0.29, 0.717) is 11.3 Å². The van der Waals surface area contributed by atoms with E-state index in [0.717, 1.165) is 5.56 Å². The molecular formula is C13H14N4O2. The smallest absolute Gasteiger partial charge is 0.331 e. The third-order valence-corrected chi connectivity index (χ3v) is 2.79. The highest BCUT2D eigenvalue weighted by Gasteiger charge is 2.12. The monoisotopic (exact) mass is 258 g/mol. The van der Waals surface area contributed by atoms with Crippen molar-refractivity contribution in [1.29, 1.82) is 0 Å². The van der Waals surface area contributed by atoms with Crippen LogP contribution in [0.4, 0.5) is 10.5 Å². The van der Waals surface area contributed by atoms with Gasteiger partial charge in [0.15, 0.2) is 0 Å². The summed E-state index contributed by atoms with van der Waals surface area (Å²) in [6.45, 7) is 1.79. The van der Waals surface area contributed by atoms with Crippen LogP contribution in [-0.2, 0) is 0 Å². The van der Waals surface area contributed by atoms with E-state index < -0.39 is 0 Å². The first-order valence-corrected chi connectivity index (χ1v) is 5.74. The number of aromatic nitrogens is 2. The zero-order valence-corrected chi connectivity index (χ0v) is 10.7. The Balaban J connectivity index is 2.26. The number of imidazole rings is 1. The lowest BCUT2D eigenvalue weighted by atomic mass is 10.1. The van der Waals surface area contributed by atoms with E-state index in [1.54, 1.807) is 38.4 Å². The summed E-state index contributed by atoms with van der Waals surface area (Å²) in [6, 6.07) is 4.85.